The molecule has 1 N–H and O–H groups in total. The molecule has 0 unspecified atom stereocenters. The lowest BCUT2D eigenvalue weighted by Gasteiger charge is -2.15. The lowest BCUT2D eigenvalue weighted by atomic mass is 9.81. The Morgan fingerprint density at radius 1 is 1.08 bits per heavy atom. The second-order valence-corrected chi connectivity index (χ2v) is 3.70. The Balaban J connectivity index is 2.03. The van der Waals surface area contributed by atoms with Crippen LogP contribution in [-0.2, 0) is 14.3 Å². The number of rotatable bonds is 0. The zero-order valence-corrected chi connectivity index (χ0v) is 6.45. The van der Waals surface area contributed by atoms with Crippen LogP contribution >= 0.6 is 0 Å². The van der Waals surface area contributed by atoms with Crippen molar-refractivity contribution in [2.45, 2.75) is 25.0 Å². The fourth-order valence-corrected chi connectivity index (χ4v) is 2.63. The molecule has 3 fully saturated rings. The summed E-state index contributed by atoms with van der Waals surface area (Å²) in [5.74, 6) is -0.595. The quantitative estimate of drug-likeness (QED) is 0.492. The minimum Gasteiger partial charge on any atom is -0.373 e. The van der Waals surface area contributed by atoms with Crippen LogP contribution in [0.1, 0.15) is 12.8 Å². The monoisotopic (exact) mass is 167 g/mol. The number of hydrogen-bond acceptors (Lipinski definition) is 3. The summed E-state index contributed by atoms with van der Waals surface area (Å²) in [5.41, 5.74) is 0. The maximum absolute atomic E-state index is 11.2. The summed E-state index contributed by atoms with van der Waals surface area (Å²) < 4.78 is 5.50. The molecule has 0 aromatic rings. The van der Waals surface area contributed by atoms with Gasteiger partial charge in [0, 0.05) is 0 Å². The number of carbonyl (C=O) groups excluding carboxylic acids is 2. The van der Waals surface area contributed by atoms with E-state index in [1.165, 1.54) is 0 Å². The van der Waals surface area contributed by atoms with E-state index in [4.69, 9.17) is 4.74 Å². The van der Waals surface area contributed by atoms with E-state index < -0.39 is 0 Å². The third-order valence-corrected chi connectivity index (χ3v) is 3.13. The molecule has 3 heterocycles. The zero-order chi connectivity index (χ0) is 8.29. The summed E-state index contributed by atoms with van der Waals surface area (Å²) >= 11 is 0. The molecule has 3 rings (SSSR count). The van der Waals surface area contributed by atoms with Crippen molar-refractivity contribution in [3.8, 4) is 0 Å². The Kier molecular flexibility index (Phi) is 1.03. The maximum atomic E-state index is 11.2. The van der Waals surface area contributed by atoms with Crippen molar-refractivity contribution in [2.75, 3.05) is 0 Å². The summed E-state index contributed by atoms with van der Waals surface area (Å²) in [6.07, 6.45) is 1.91. The highest BCUT2D eigenvalue weighted by atomic mass is 16.5. The van der Waals surface area contributed by atoms with E-state index in [2.05, 4.69) is 5.32 Å². The van der Waals surface area contributed by atoms with Crippen LogP contribution in [0.25, 0.3) is 0 Å². The van der Waals surface area contributed by atoms with Crippen molar-refractivity contribution in [3.05, 3.63) is 0 Å². The molecule has 2 bridgehead atoms. The van der Waals surface area contributed by atoms with Crippen LogP contribution in [0.5, 0.6) is 0 Å². The fourth-order valence-electron chi connectivity index (χ4n) is 2.63. The molecule has 3 saturated heterocycles. The van der Waals surface area contributed by atoms with Gasteiger partial charge in [0.25, 0.3) is 0 Å². The number of nitrogens with one attached hydrogen (secondary N) is 1. The molecule has 0 saturated carbocycles. The molecular weight excluding hydrogens is 158 g/mol. The smallest absolute Gasteiger partial charge is 0.233 e. The second-order valence-electron chi connectivity index (χ2n) is 3.70. The van der Waals surface area contributed by atoms with Gasteiger partial charge >= 0.3 is 0 Å². The summed E-state index contributed by atoms with van der Waals surface area (Å²) in [6, 6.07) is 0. The van der Waals surface area contributed by atoms with E-state index in [1.54, 1.807) is 0 Å². The first-order chi connectivity index (χ1) is 5.77. The van der Waals surface area contributed by atoms with Gasteiger partial charge in [-0.15, -0.1) is 0 Å². The van der Waals surface area contributed by atoms with E-state index in [-0.39, 0.29) is 35.9 Å². The molecule has 4 heteroatoms. The highest BCUT2D eigenvalue weighted by molar-refractivity contribution is 6.06. The Hall–Kier alpha value is -0.900. The molecule has 0 spiro atoms. The average molecular weight is 167 g/mol. The number of ether oxygens (including phenoxy) is 1. The molecule has 3 aliphatic rings. The standard InChI is InChI=1S/C8H9NO3/c10-7-5-3-1-2-4(12-3)6(5)8(11)9-7/h3-6H,1-2H2,(H,9,10,11)/t3-,4-,5-,6-/m1/s1. The molecule has 0 aromatic heterocycles. The lowest BCUT2D eigenvalue weighted by molar-refractivity contribution is -0.128. The molecule has 12 heavy (non-hydrogen) atoms. The Morgan fingerprint density at radius 2 is 1.58 bits per heavy atom. The van der Waals surface area contributed by atoms with Gasteiger partial charge in [0.1, 0.15) is 0 Å². The second kappa shape index (κ2) is 1.88. The molecule has 4 atom stereocenters. The predicted molar refractivity (Wildman–Crippen MR) is 38.0 cm³/mol. The highest BCUT2D eigenvalue weighted by Gasteiger charge is 2.59. The summed E-state index contributed by atoms with van der Waals surface area (Å²) in [6.45, 7) is 0. The van der Waals surface area contributed by atoms with Gasteiger partial charge in [-0.05, 0) is 12.8 Å². The van der Waals surface area contributed by atoms with E-state index >= 15 is 0 Å². The van der Waals surface area contributed by atoms with Crippen LogP contribution in [0.3, 0.4) is 0 Å². The van der Waals surface area contributed by atoms with Crippen molar-refractivity contribution in [1.29, 1.82) is 0 Å². The van der Waals surface area contributed by atoms with Gasteiger partial charge in [-0.2, -0.15) is 0 Å². The van der Waals surface area contributed by atoms with Gasteiger partial charge in [0.15, 0.2) is 0 Å². The lowest BCUT2D eigenvalue weighted by Crippen LogP contribution is -2.29. The minimum atomic E-state index is -0.170. The van der Waals surface area contributed by atoms with Crippen molar-refractivity contribution in [2.24, 2.45) is 11.8 Å². The number of imide groups is 1. The minimum absolute atomic E-state index is 0.0199. The van der Waals surface area contributed by atoms with Crippen molar-refractivity contribution >= 4 is 11.8 Å². The number of hydrogen-bond donors (Lipinski definition) is 1. The van der Waals surface area contributed by atoms with Gasteiger partial charge in [0.2, 0.25) is 11.8 Å². The summed E-state index contributed by atoms with van der Waals surface area (Å²) in [5, 5.41) is 2.36. The van der Waals surface area contributed by atoms with Crippen LogP contribution in [0.2, 0.25) is 0 Å². The largest absolute Gasteiger partial charge is 0.373 e. The van der Waals surface area contributed by atoms with Crippen LogP contribution in [0, 0.1) is 11.8 Å². The van der Waals surface area contributed by atoms with E-state index in [9.17, 15) is 9.59 Å². The first kappa shape index (κ1) is 6.60. The van der Waals surface area contributed by atoms with E-state index in [1.807, 2.05) is 0 Å². The summed E-state index contributed by atoms with van der Waals surface area (Å²) in [4.78, 5) is 22.5. The SMILES string of the molecule is O=C1NC(=O)[C@H]2[C@H]1[C@H]1CC[C@H]2O1. The molecule has 64 valence electrons. The molecule has 0 aromatic carbocycles. The van der Waals surface area contributed by atoms with Gasteiger partial charge < -0.3 is 4.74 Å². The average Bonchev–Trinajstić information content (AvgIpc) is 2.64. The Bertz CT molecular complexity index is 249. The molecule has 0 aliphatic carbocycles. The predicted octanol–water partition coefficient (Wildman–Crippen LogP) is -0.564. The van der Waals surface area contributed by atoms with Crippen LogP contribution in [0.15, 0.2) is 0 Å². The van der Waals surface area contributed by atoms with E-state index in [0.717, 1.165) is 12.8 Å². The van der Waals surface area contributed by atoms with Crippen molar-refractivity contribution in [3.63, 3.8) is 0 Å². The van der Waals surface area contributed by atoms with Crippen molar-refractivity contribution < 1.29 is 14.3 Å². The zero-order valence-electron chi connectivity index (χ0n) is 6.45. The first-order valence-electron chi connectivity index (χ1n) is 4.27. The Morgan fingerprint density at radius 3 is 2.08 bits per heavy atom. The highest BCUT2D eigenvalue weighted by Crippen LogP contribution is 2.45. The van der Waals surface area contributed by atoms with Crippen LogP contribution in [-0.4, -0.2) is 24.0 Å². The first-order valence-corrected chi connectivity index (χ1v) is 4.27. The third-order valence-electron chi connectivity index (χ3n) is 3.13. The third kappa shape index (κ3) is 0.579. The number of amides is 2. The van der Waals surface area contributed by atoms with Crippen LogP contribution < -0.4 is 5.32 Å². The van der Waals surface area contributed by atoms with Gasteiger partial charge in [-0.3, -0.25) is 14.9 Å². The maximum Gasteiger partial charge on any atom is 0.233 e. The molecule has 0 radical (unpaired) electrons. The number of fused-ring (bicyclic) bond motifs is 5. The number of carbonyl (C=O) groups is 2. The van der Waals surface area contributed by atoms with Crippen LogP contribution in [0.4, 0.5) is 0 Å². The molecule has 2 amide bonds. The molecule has 3 aliphatic heterocycles. The normalized spacial score (nSPS) is 49.7. The van der Waals surface area contributed by atoms with Gasteiger partial charge in [0.05, 0.1) is 24.0 Å². The van der Waals surface area contributed by atoms with Gasteiger partial charge in [-0.1, -0.05) is 0 Å². The van der Waals surface area contributed by atoms with E-state index in [0.29, 0.717) is 0 Å². The topological polar surface area (TPSA) is 55.4 Å². The van der Waals surface area contributed by atoms with Crippen molar-refractivity contribution in [1.82, 2.24) is 5.32 Å². The fraction of sp³-hybridized carbons (Fsp3) is 0.750. The summed E-state index contributed by atoms with van der Waals surface area (Å²) in [7, 11) is 0. The molecular formula is C8H9NO3. The molecule has 4 nitrogen and oxygen atoms in total. The Labute approximate surface area is 69.3 Å². The van der Waals surface area contributed by atoms with Gasteiger partial charge in [-0.25, -0.2) is 0 Å².